The molecule has 0 radical (unpaired) electrons. The Labute approximate surface area is 96.2 Å². The first kappa shape index (κ1) is 12.7. The van der Waals surface area contributed by atoms with Gasteiger partial charge in [-0.15, -0.1) is 0 Å². The number of aromatic nitrogens is 2. The minimum Gasteiger partial charge on any atom is -0.468 e. The number of hydrogen-bond acceptors (Lipinski definition) is 6. The lowest BCUT2D eigenvalue weighted by molar-refractivity contribution is -0.141. The van der Waals surface area contributed by atoms with Crippen molar-refractivity contribution in [2.75, 3.05) is 19.5 Å². The molecule has 1 rings (SSSR count). The average Bonchev–Trinajstić information content (AvgIpc) is 2.32. The largest absolute Gasteiger partial charge is 0.468 e. The molecule has 0 aliphatic carbocycles. The van der Waals surface area contributed by atoms with Gasteiger partial charge in [-0.05, 0) is 6.07 Å². The Bertz CT molecular complexity index is 482. The third-order valence-electron chi connectivity index (χ3n) is 1.82. The minimum atomic E-state index is -0.734. The Hall–Kier alpha value is -2.38. The van der Waals surface area contributed by atoms with Crippen LogP contribution in [0.4, 0.5) is 10.6 Å². The first-order valence-corrected chi connectivity index (χ1v) is 4.56. The quantitative estimate of drug-likeness (QED) is 0.722. The summed E-state index contributed by atoms with van der Waals surface area (Å²) in [6, 6.07) is 1.36. The first-order chi connectivity index (χ1) is 8.06. The number of esters is 1. The van der Waals surface area contributed by atoms with E-state index in [9.17, 15) is 14.4 Å². The second-order valence-electron chi connectivity index (χ2n) is 2.92. The third kappa shape index (κ3) is 3.59. The smallest absolute Gasteiger partial charge is 0.412 e. The molecule has 1 heterocycles. The summed E-state index contributed by atoms with van der Waals surface area (Å²) in [6.45, 7) is -0.235. The summed E-state index contributed by atoms with van der Waals surface area (Å²) in [5.41, 5.74) is -0.677. The molecule has 0 aliphatic rings. The molecule has 8 nitrogen and oxygen atoms in total. The van der Waals surface area contributed by atoms with Gasteiger partial charge >= 0.3 is 17.8 Å². The lowest BCUT2D eigenvalue weighted by Crippen LogP contribution is -2.27. The average molecular weight is 241 g/mol. The summed E-state index contributed by atoms with van der Waals surface area (Å²) in [5, 5.41) is 2.23. The highest BCUT2D eigenvalue weighted by molar-refractivity contribution is 5.82. The Balaban J connectivity index is 2.83. The van der Waals surface area contributed by atoms with Gasteiger partial charge in [-0.3, -0.25) is 14.7 Å². The second-order valence-corrected chi connectivity index (χ2v) is 2.92. The number of methoxy groups -OCH3 is 2. The molecule has 1 N–H and O–H groups in total. The molecule has 17 heavy (non-hydrogen) atoms. The van der Waals surface area contributed by atoms with Gasteiger partial charge in [-0.1, -0.05) is 0 Å². The van der Waals surface area contributed by atoms with E-state index in [4.69, 9.17) is 0 Å². The van der Waals surface area contributed by atoms with Crippen LogP contribution in [0.5, 0.6) is 0 Å². The van der Waals surface area contributed by atoms with Crippen molar-refractivity contribution in [3.05, 3.63) is 22.7 Å². The number of nitrogens with zero attached hydrogens (tertiary/aromatic N) is 2. The predicted molar refractivity (Wildman–Crippen MR) is 56.5 cm³/mol. The monoisotopic (exact) mass is 241 g/mol. The van der Waals surface area contributed by atoms with Gasteiger partial charge in [0.25, 0.3) is 0 Å². The summed E-state index contributed by atoms with van der Waals surface area (Å²) in [7, 11) is 2.40. The number of carbonyl (C=O) groups is 2. The fourth-order valence-corrected chi connectivity index (χ4v) is 0.978. The highest BCUT2D eigenvalue weighted by Gasteiger charge is 2.07. The molecule has 92 valence electrons. The summed E-state index contributed by atoms with van der Waals surface area (Å²) in [5.74, 6) is -0.523. The predicted octanol–water partition coefficient (Wildman–Crippen LogP) is -0.405. The van der Waals surface area contributed by atoms with Gasteiger partial charge in [0, 0.05) is 6.20 Å². The summed E-state index contributed by atoms with van der Waals surface area (Å²) in [4.78, 5) is 36.7. The van der Waals surface area contributed by atoms with Crippen LogP contribution in [-0.4, -0.2) is 35.8 Å². The van der Waals surface area contributed by atoms with Gasteiger partial charge < -0.3 is 9.47 Å². The minimum absolute atomic E-state index is 0.0444. The van der Waals surface area contributed by atoms with Crippen LogP contribution in [0.2, 0.25) is 0 Å². The van der Waals surface area contributed by atoms with Crippen LogP contribution in [0.3, 0.4) is 0 Å². The van der Waals surface area contributed by atoms with Crippen LogP contribution in [0.25, 0.3) is 0 Å². The van der Waals surface area contributed by atoms with E-state index in [0.29, 0.717) is 0 Å². The normalized spacial score (nSPS) is 9.53. The fourth-order valence-electron chi connectivity index (χ4n) is 0.978. The Kier molecular flexibility index (Phi) is 4.21. The van der Waals surface area contributed by atoms with Gasteiger partial charge in [0.1, 0.15) is 12.4 Å². The second kappa shape index (κ2) is 5.64. The molecule has 0 fully saturated rings. The van der Waals surface area contributed by atoms with E-state index in [1.54, 1.807) is 0 Å². The van der Waals surface area contributed by atoms with Crippen molar-refractivity contribution < 1.29 is 19.1 Å². The van der Waals surface area contributed by atoms with E-state index >= 15 is 0 Å². The van der Waals surface area contributed by atoms with E-state index in [-0.39, 0.29) is 12.4 Å². The van der Waals surface area contributed by atoms with Gasteiger partial charge in [-0.25, -0.2) is 9.59 Å². The molecule has 0 spiro atoms. The van der Waals surface area contributed by atoms with Crippen molar-refractivity contribution in [3.8, 4) is 0 Å². The van der Waals surface area contributed by atoms with Crippen molar-refractivity contribution >= 4 is 17.9 Å². The fraction of sp³-hybridized carbons (Fsp3) is 0.333. The van der Waals surface area contributed by atoms with E-state index in [1.165, 1.54) is 26.5 Å². The molecule has 0 atom stereocenters. The highest BCUT2D eigenvalue weighted by Crippen LogP contribution is 1.98. The van der Waals surface area contributed by atoms with Crippen LogP contribution >= 0.6 is 0 Å². The molecule has 8 heteroatoms. The summed E-state index contributed by atoms with van der Waals surface area (Å²) < 4.78 is 9.79. The van der Waals surface area contributed by atoms with E-state index in [2.05, 4.69) is 19.8 Å². The highest BCUT2D eigenvalue weighted by atomic mass is 16.5. The van der Waals surface area contributed by atoms with Gasteiger partial charge in [0.05, 0.1) is 14.2 Å². The van der Waals surface area contributed by atoms with Crippen molar-refractivity contribution in [2.24, 2.45) is 0 Å². The van der Waals surface area contributed by atoms with Crippen molar-refractivity contribution in [2.45, 2.75) is 6.54 Å². The zero-order valence-electron chi connectivity index (χ0n) is 9.30. The molecule has 0 unspecified atom stereocenters. The zero-order valence-corrected chi connectivity index (χ0v) is 9.30. The number of hydrogen-bond donors (Lipinski definition) is 1. The van der Waals surface area contributed by atoms with E-state index in [0.717, 1.165) is 4.57 Å². The number of amides is 1. The maximum absolute atomic E-state index is 11.4. The number of ether oxygens (including phenoxy) is 2. The third-order valence-corrected chi connectivity index (χ3v) is 1.82. The lowest BCUT2D eigenvalue weighted by Gasteiger charge is -2.05. The lowest BCUT2D eigenvalue weighted by atomic mass is 10.5. The molecular formula is C9H11N3O5. The molecule has 0 saturated carbocycles. The topological polar surface area (TPSA) is 99.5 Å². The molecule has 0 saturated heterocycles. The van der Waals surface area contributed by atoms with Crippen LogP contribution < -0.4 is 11.0 Å². The Morgan fingerprint density at radius 2 is 2.12 bits per heavy atom. The molecule has 1 aromatic rings. The zero-order chi connectivity index (χ0) is 12.8. The van der Waals surface area contributed by atoms with Crippen LogP contribution in [-0.2, 0) is 20.8 Å². The number of anilines is 1. The van der Waals surface area contributed by atoms with Gasteiger partial charge in [-0.2, -0.15) is 4.98 Å². The Morgan fingerprint density at radius 1 is 1.41 bits per heavy atom. The number of rotatable bonds is 3. The van der Waals surface area contributed by atoms with E-state index < -0.39 is 17.8 Å². The van der Waals surface area contributed by atoms with Gasteiger partial charge in [0.15, 0.2) is 0 Å². The van der Waals surface area contributed by atoms with Crippen LogP contribution in [0, 0.1) is 0 Å². The SMILES string of the molecule is COC(=O)Cn1ccc(NC(=O)OC)nc1=O. The number of nitrogens with one attached hydrogen (secondary N) is 1. The molecule has 0 aliphatic heterocycles. The molecule has 0 bridgehead atoms. The summed E-state index contributed by atoms with van der Waals surface area (Å²) in [6.07, 6.45) is 0.583. The van der Waals surface area contributed by atoms with Gasteiger partial charge in [0.2, 0.25) is 0 Å². The van der Waals surface area contributed by atoms with Crippen molar-refractivity contribution in [3.63, 3.8) is 0 Å². The molecule has 1 amide bonds. The van der Waals surface area contributed by atoms with Crippen LogP contribution in [0.1, 0.15) is 0 Å². The number of carbonyl (C=O) groups excluding carboxylic acids is 2. The summed E-state index contributed by atoms with van der Waals surface area (Å²) >= 11 is 0. The maximum Gasteiger partial charge on any atom is 0.412 e. The Morgan fingerprint density at radius 3 is 2.65 bits per heavy atom. The molecule has 0 aromatic carbocycles. The molecule has 1 aromatic heterocycles. The van der Waals surface area contributed by atoms with Crippen molar-refractivity contribution in [1.29, 1.82) is 0 Å². The maximum atomic E-state index is 11.4. The standard InChI is InChI=1S/C9H11N3O5/c1-16-7(13)5-12-4-3-6(10-8(12)14)11-9(15)17-2/h3-4H,5H2,1-2H3,(H,10,11,14,15). The molecular weight excluding hydrogens is 230 g/mol. The first-order valence-electron chi connectivity index (χ1n) is 4.56. The van der Waals surface area contributed by atoms with Crippen LogP contribution in [0.15, 0.2) is 17.1 Å². The van der Waals surface area contributed by atoms with E-state index in [1.807, 2.05) is 0 Å². The van der Waals surface area contributed by atoms with Crippen molar-refractivity contribution in [1.82, 2.24) is 9.55 Å².